The molecule has 0 heterocycles. The molecule has 0 aliphatic carbocycles. The highest BCUT2D eigenvalue weighted by atomic mass is 15.1. The number of hydrogen-bond acceptors (Lipinski definition) is 2. The molecule has 23 heavy (non-hydrogen) atoms. The van der Waals surface area contributed by atoms with Gasteiger partial charge in [0, 0.05) is 13.0 Å². The molecule has 0 aliphatic rings. The van der Waals surface area contributed by atoms with Gasteiger partial charge in [0.25, 0.3) is 0 Å². The minimum atomic E-state index is -0.599. The van der Waals surface area contributed by atoms with Crippen LogP contribution in [0.15, 0.2) is 91.0 Å². The molecule has 1 unspecified atom stereocenters. The second-order valence-corrected chi connectivity index (χ2v) is 5.84. The number of nitrogens with two attached hydrogens (primary N) is 1. The highest BCUT2D eigenvalue weighted by molar-refractivity contribution is 5.28. The molecule has 3 aromatic carbocycles. The molecule has 0 bridgehead atoms. The lowest BCUT2D eigenvalue weighted by atomic mass is 9.92. The van der Waals surface area contributed by atoms with Gasteiger partial charge >= 0.3 is 0 Å². The molecule has 2 heteroatoms. The van der Waals surface area contributed by atoms with E-state index in [0.717, 1.165) is 18.5 Å². The van der Waals surface area contributed by atoms with E-state index < -0.39 is 5.66 Å². The minimum Gasteiger partial charge on any atom is -0.309 e. The van der Waals surface area contributed by atoms with E-state index in [4.69, 9.17) is 5.73 Å². The number of nitrogens with one attached hydrogen (secondary N) is 1. The third-order valence-electron chi connectivity index (χ3n) is 4.07. The summed E-state index contributed by atoms with van der Waals surface area (Å²) in [6.45, 7) is 0.735. The van der Waals surface area contributed by atoms with E-state index in [0.29, 0.717) is 0 Å². The van der Waals surface area contributed by atoms with Crippen molar-refractivity contribution in [2.45, 2.75) is 18.6 Å². The fourth-order valence-corrected chi connectivity index (χ4v) is 2.78. The lowest BCUT2D eigenvalue weighted by Gasteiger charge is -2.32. The molecular weight excluding hydrogens is 280 g/mol. The maximum atomic E-state index is 6.79. The summed E-state index contributed by atoms with van der Waals surface area (Å²) >= 11 is 0. The Hall–Kier alpha value is -2.42. The van der Waals surface area contributed by atoms with Gasteiger partial charge in [-0.25, -0.2) is 0 Å². The molecule has 0 spiro atoms. The molecule has 0 aliphatic heterocycles. The maximum absolute atomic E-state index is 6.79. The molecule has 0 amide bonds. The van der Waals surface area contributed by atoms with Gasteiger partial charge in [0.15, 0.2) is 0 Å². The highest BCUT2D eigenvalue weighted by Crippen LogP contribution is 2.21. The van der Waals surface area contributed by atoms with Gasteiger partial charge in [-0.15, -0.1) is 0 Å². The van der Waals surface area contributed by atoms with Crippen molar-refractivity contribution >= 4 is 0 Å². The predicted molar refractivity (Wildman–Crippen MR) is 95.7 cm³/mol. The second-order valence-electron chi connectivity index (χ2n) is 5.84. The van der Waals surface area contributed by atoms with E-state index in [1.165, 1.54) is 11.1 Å². The summed E-state index contributed by atoms with van der Waals surface area (Å²) in [7, 11) is 0. The SMILES string of the molecule is NC(Cc1ccccc1)(NCc1ccccc1)c1ccccc1. The summed E-state index contributed by atoms with van der Waals surface area (Å²) < 4.78 is 0. The highest BCUT2D eigenvalue weighted by Gasteiger charge is 2.26. The third kappa shape index (κ3) is 4.07. The molecule has 2 nitrogen and oxygen atoms in total. The third-order valence-corrected chi connectivity index (χ3v) is 4.07. The van der Waals surface area contributed by atoms with Gasteiger partial charge in [-0.05, 0) is 16.7 Å². The van der Waals surface area contributed by atoms with Crippen LogP contribution in [0.2, 0.25) is 0 Å². The van der Waals surface area contributed by atoms with E-state index in [1.54, 1.807) is 0 Å². The van der Waals surface area contributed by atoms with Gasteiger partial charge in [-0.1, -0.05) is 91.0 Å². The molecule has 3 N–H and O–H groups in total. The van der Waals surface area contributed by atoms with Crippen LogP contribution in [0.25, 0.3) is 0 Å². The van der Waals surface area contributed by atoms with Crippen LogP contribution in [0.5, 0.6) is 0 Å². The number of benzene rings is 3. The number of rotatable bonds is 6. The average molecular weight is 302 g/mol. The molecule has 0 aromatic heterocycles. The van der Waals surface area contributed by atoms with Crippen molar-refractivity contribution in [3.8, 4) is 0 Å². The maximum Gasteiger partial charge on any atom is 0.0968 e. The Morgan fingerprint density at radius 3 is 1.70 bits per heavy atom. The lowest BCUT2D eigenvalue weighted by Crippen LogP contribution is -2.51. The zero-order valence-electron chi connectivity index (χ0n) is 13.2. The van der Waals surface area contributed by atoms with Crippen molar-refractivity contribution in [1.29, 1.82) is 0 Å². The Bertz CT molecular complexity index is 711. The molecule has 0 saturated heterocycles. The van der Waals surface area contributed by atoms with Crippen molar-refractivity contribution < 1.29 is 0 Å². The summed E-state index contributed by atoms with van der Waals surface area (Å²) in [6.07, 6.45) is 0.741. The van der Waals surface area contributed by atoms with E-state index in [-0.39, 0.29) is 0 Å². The summed E-state index contributed by atoms with van der Waals surface area (Å²) in [5.41, 5.74) is 9.74. The van der Waals surface area contributed by atoms with Gasteiger partial charge in [-0.2, -0.15) is 0 Å². The summed E-state index contributed by atoms with van der Waals surface area (Å²) in [5.74, 6) is 0. The van der Waals surface area contributed by atoms with Gasteiger partial charge < -0.3 is 5.73 Å². The van der Waals surface area contributed by atoms with Crippen LogP contribution < -0.4 is 11.1 Å². The zero-order valence-corrected chi connectivity index (χ0v) is 13.2. The van der Waals surface area contributed by atoms with Gasteiger partial charge in [0.2, 0.25) is 0 Å². The van der Waals surface area contributed by atoms with Gasteiger partial charge in [0.1, 0.15) is 0 Å². The fraction of sp³-hybridized carbons (Fsp3) is 0.143. The average Bonchev–Trinajstić information content (AvgIpc) is 2.63. The van der Waals surface area contributed by atoms with E-state index in [2.05, 4.69) is 66.0 Å². The first-order valence-corrected chi connectivity index (χ1v) is 7.93. The first-order valence-electron chi connectivity index (χ1n) is 7.93. The van der Waals surface area contributed by atoms with Crippen molar-refractivity contribution in [3.05, 3.63) is 108 Å². The first-order chi connectivity index (χ1) is 11.3. The summed E-state index contributed by atoms with van der Waals surface area (Å²) in [6, 6.07) is 31.0. The normalized spacial score (nSPS) is 13.4. The Balaban J connectivity index is 1.84. The topological polar surface area (TPSA) is 38.0 Å². The van der Waals surface area contributed by atoms with Gasteiger partial charge in [-0.3, -0.25) is 5.32 Å². The largest absolute Gasteiger partial charge is 0.309 e. The molecule has 1 atom stereocenters. The minimum absolute atomic E-state index is 0.599. The van der Waals surface area contributed by atoms with Crippen LogP contribution in [0.1, 0.15) is 16.7 Å². The van der Waals surface area contributed by atoms with Crippen LogP contribution in [0, 0.1) is 0 Å². The first kappa shape index (κ1) is 15.5. The Morgan fingerprint density at radius 1 is 0.652 bits per heavy atom. The summed E-state index contributed by atoms with van der Waals surface area (Å²) in [5, 5.41) is 3.55. The molecule has 3 rings (SSSR count). The summed E-state index contributed by atoms with van der Waals surface area (Å²) in [4.78, 5) is 0. The Kier molecular flexibility index (Phi) is 4.86. The van der Waals surface area contributed by atoms with E-state index >= 15 is 0 Å². The molecule has 0 fully saturated rings. The van der Waals surface area contributed by atoms with E-state index in [1.807, 2.05) is 30.3 Å². The standard InChI is InChI=1S/C21H22N2/c22-21(20-14-8-3-9-15-20,16-18-10-4-1-5-11-18)23-17-19-12-6-2-7-13-19/h1-15,23H,16-17,22H2. The van der Waals surface area contributed by atoms with Gasteiger partial charge in [0.05, 0.1) is 5.66 Å². The quantitative estimate of drug-likeness (QED) is 0.679. The van der Waals surface area contributed by atoms with Crippen molar-refractivity contribution in [2.75, 3.05) is 0 Å². The van der Waals surface area contributed by atoms with Crippen LogP contribution in [-0.4, -0.2) is 0 Å². The smallest absolute Gasteiger partial charge is 0.0968 e. The molecule has 3 aromatic rings. The van der Waals surface area contributed by atoms with Crippen molar-refractivity contribution in [3.63, 3.8) is 0 Å². The molecular formula is C21H22N2. The molecule has 116 valence electrons. The molecule has 0 radical (unpaired) electrons. The Morgan fingerprint density at radius 2 is 1.13 bits per heavy atom. The van der Waals surface area contributed by atoms with Crippen molar-refractivity contribution in [2.24, 2.45) is 5.73 Å². The van der Waals surface area contributed by atoms with Crippen LogP contribution in [-0.2, 0) is 18.6 Å². The lowest BCUT2D eigenvalue weighted by molar-refractivity contribution is 0.338. The Labute approximate surface area is 138 Å². The fourth-order valence-electron chi connectivity index (χ4n) is 2.78. The predicted octanol–water partition coefficient (Wildman–Crippen LogP) is 3.83. The molecule has 0 saturated carbocycles. The monoisotopic (exact) mass is 302 g/mol. The van der Waals surface area contributed by atoms with Crippen LogP contribution in [0.4, 0.5) is 0 Å². The van der Waals surface area contributed by atoms with Crippen LogP contribution >= 0.6 is 0 Å². The zero-order chi connectivity index (χ0) is 16.0. The second kappa shape index (κ2) is 7.23. The number of hydrogen-bond donors (Lipinski definition) is 2. The van der Waals surface area contributed by atoms with E-state index in [9.17, 15) is 0 Å². The van der Waals surface area contributed by atoms with Crippen LogP contribution in [0.3, 0.4) is 0 Å². The van der Waals surface area contributed by atoms with Crippen molar-refractivity contribution in [1.82, 2.24) is 5.32 Å².